The van der Waals surface area contributed by atoms with Crippen LogP contribution in [0.25, 0.3) is 10.6 Å². The maximum atomic E-state index is 4.50. The van der Waals surface area contributed by atoms with Gasteiger partial charge in [0, 0.05) is 12.1 Å². The molecular weight excluding hydrogens is 242 g/mol. The van der Waals surface area contributed by atoms with Crippen LogP contribution in [0.1, 0.15) is 31.4 Å². The summed E-state index contributed by atoms with van der Waals surface area (Å²) >= 11 is 1.75. The van der Waals surface area contributed by atoms with Crippen LogP contribution < -0.4 is 5.32 Å². The lowest BCUT2D eigenvalue weighted by Crippen LogP contribution is -2.06. The third-order valence-corrected chi connectivity index (χ3v) is 3.89. The number of hydrogen-bond donors (Lipinski definition) is 1. The van der Waals surface area contributed by atoms with E-state index in [9.17, 15) is 0 Å². The van der Waals surface area contributed by atoms with E-state index in [1.165, 1.54) is 16.0 Å². The summed E-state index contributed by atoms with van der Waals surface area (Å²) in [5, 5.41) is 5.46. The average molecular weight is 261 g/mol. The third-order valence-electron chi connectivity index (χ3n) is 2.87. The Kier molecular flexibility index (Phi) is 4.31. The summed E-state index contributed by atoms with van der Waals surface area (Å²) in [7, 11) is 0. The summed E-state index contributed by atoms with van der Waals surface area (Å²) < 4.78 is 0. The maximum absolute atomic E-state index is 4.50. The fraction of sp³-hybridized carbons (Fsp3) is 0.429. The number of anilines is 1. The molecule has 0 aliphatic carbocycles. The molecule has 96 valence electrons. The predicted molar refractivity (Wildman–Crippen MR) is 78.2 cm³/mol. The Bertz CT molecular complexity index is 520. The van der Waals surface area contributed by atoms with Crippen molar-refractivity contribution in [3.05, 3.63) is 28.9 Å². The van der Waals surface area contributed by atoms with Crippen molar-refractivity contribution in [1.82, 2.24) is 9.97 Å². The number of aromatic nitrogens is 2. The molecule has 1 N–H and O–H groups in total. The van der Waals surface area contributed by atoms with Gasteiger partial charge >= 0.3 is 0 Å². The summed E-state index contributed by atoms with van der Waals surface area (Å²) in [4.78, 5) is 10.1. The lowest BCUT2D eigenvalue weighted by Gasteiger charge is -2.12. The highest BCUT2D eigenvalue weighted by Crippen LogP contribution is 2.32. The van der Waals surface area contributed by atoms with Gasteiger partial charge in [0.2, 0.25) is 0 Å². The van der Waals surface area contributed by atoms with E-state index in [1.54, 1.807) is 17.7 Å². The molecule has 0 atom stereocenters. The van der Waals surface area contributed by atoms with Crippen molar-refractivity contribution in [3.63, 3.8) is 0 Å². The lowest BCUT2D eigenvalue weighted by atomic mass is 10.1. The molecule has 0 aliphatic rings. The molecule has 0 saturated carbocycles. The summed E-state index contributed by atoms with van der Waals surface area (Å²) in [6.45, 7) is 7.30. The van der Waals surface area contributed by atoms with Crippen LogP contribution in [0.5, 0.6) is 0 Å². The third kappa shape index (κ3) is 2.53. The number of nitrogens with zero attached hydrogens (tertiary/aromatic N) is 2. The number of nitrogens with one attached hydrogen (secondary N) is 1. The van der Waals surface area contributed by atoms with Crippen molar-refractivity contribution in [2.75, 3.05) is 11.9 Å². The van der Waals surface area contributed by atoms with Crippen LogP contribution in [-0.4, -0.2) is 16.5 Å². The Morgan fingerprint density at radius 1 is 1.28 bits per heavy atom. The summed E-state index contributed by atoms with van der Waals surface area (Å²) in [5.41, 5.74) is 3.63. The molecule has 2 rings (SSSR count). The first-order valence-corrected chi connectivity index (χ1v) is 7.28. The molecule has 3 nitrogen and oxygen atoms in total. The van der Waals surface area contributed by atoms with E-state index in [-0.39, 0.29) is 0 Å². The van der Waals surface area contributed by atoms with Crippen LogP contribution in [0.2, 0.25) is 0 Å². The average Bonchev–Trinajstić information content (AvgIpc) is 2.78. The van der Waals surface area contributed by atoms with E-state index in [4.69, 9.17) is 0 Å². The minimum Gasteiger partial charge on any atom is -0.370 e. The number of rotatable bonds is 5. The Balaban J connectivity index is 2.52. The highest BCUT2D eigenvalue weighted by molar-refractivity contribution is 7.13. The lowest BCUT2D eigenvalue weighted by molar-refractivity contribution is 0.902. The largest absolute Gasteiger partial charge is 0.370 e. The van der Waals surface area contributed by atoms with Crippen molar-refractivity contribution < 1.29 is 0 Å². The summed E-state index contributed by atoms with van der Waals surface area (Å²) in [6, 6.07) is 2.14. The topological polar surface area (TPSA) is 37.8 Å². The maximum Gasteiger partial charge on any atom is 0.133 e. The standard InChI is InChI=1S/C14H19N3S/c1-4-6-11-12(13-10(3)7-8-18-13)16-9-17-14(11)15-5-2/h7-9H,4-6H2,1-3H3,(H,15,16,17). The monoisotopic (exact) mass is 261 g/mol. The van der Waals surface area contributed by atoms with Crippen LogP contribution >= 0.6 is 11.3 Å². The molecule has 0 unspecified atom stereocenters. The molecule has 2 aromatic heterocycles. The molecule has 2 aromatic rings. The van der Waals surface area contributed by atoms with E-state index in [0.29, 0.717) is 0 Å². The van der Waals surface area contributed by atoms with Gasteiger partial charge in [-0.25, -0.2) is 9.97 Å². The molecule has 0 saturated heterocycles. The first-order chi connectivity index (χ1) is 8.77. The van der Waals surface area contributed by atoms with Crippen LogP contribution in [0.15, 0.2) is 17.8 Å². The van der Waals surface area contributed by atoms with Crippen molar-refractivity contribution in [2.24, 2.45) is 0 Å². The molecule has 0 bridgehead atoms. The first kappa shape index (κ1) is 13.0. The minimum atomic E-state index is 0.886. The number of thiophene rings is 1. The molecule has 0 fully saturated rings. The van der Waals surface area contributed by atoms with Crippen LogP contribution in [0.3, 0.4) is 0 Å². The Labute approximate surface area is 112 Å². The van der Waals surface area contributed by atoms with Gasteiger partial charge in [-0.2, -0.15) is 0 Å². The van der Waals surface area contributed by atoms with Gasteiger partial charge in [0.05, 0.1) is 10.6 Å². The molecular formula is C14H19N3S. The van der Waals surface area contributed by atoms with E-state index < -0.39 is 0 Å². The first-order valence-electron chi connectivity index (χ1n) is 6.40. The second-order valence-electron chi connectivity index (χ2n) is 4.26. The molecule has 0 aliphatic heterocycles. The molecule has 18 heavy (non-hydrogen) atoms. The highest BCUT2D eigenvalue weighted by Gasteiger charge is 2.14. The quantitative estimate of drug-likeness (QED) is 0.887. The van der Waals surface area contributed by atoms with Gasteiger partial charge in [-0.1, -0.05) is 13.3 Å². The van der Waals surface area contributed by atoms with Crippen molar-refractivity contribution in [2.45, 2.75) is 33.6 Å². The summed E-state index contributed by atoms with van der Waals surface area (Å²) in [6.07, 6.45) is 3.77. The van der Waals surface area contributed by atoms with E-state index >= 15 is 0 Å². The Morgan fingerprint density at radius 3 is 2.72 bits per heavy atom. The van der Waals surface area contributed by atoms with Crippen LogP contribution in [0, 0.1) is 6.92 Å². The van der Waals surface area contributed by atoms with Gasteiger partial charge < -0.3 is 5.32 Å². The van der Waals surface area contributed by atoms with Crippen LogP contribution in [-0.2, 0) is 6.42 Å². The normalized spacial score (nSPS) is 10.6. The van der Waals surface area contributed by atoms with Gasteiger partial charge in [-0.15, -0.1) is 11.3 Å². The van der Waals surface area contributed by atoms with E-state index in [0.717, 1.165) is 30.9 Å². The SMILES string of the molecule is CCCc1c(NCC)ncnc1-c1sccc1C. The predicted octanol–water partition coefficient (Wildman–Crippen LogP) is 3.90. The van der Waals surface area contributed by atoms with Gasteiger partial charge in [-0.3, -0.25) is 0 Å². The fourth-order valence-electron chi connectivity index (χ4n) is 2.03. The molecule has 0 amide bonds. The van der Waals surface area contributed by atoms with Crippen molar-refractivity contribution >= 4 is 17.2 Å². The molecule has 4 heteroatoms. The highest BCUT2D eigenvalue weighted by atomic mass is 32.1. The minimum absolute atomic E-state index is 0.886. The zero-order valence-electron chi connectivity index (χ0n) is 11.2. The molecule has 0 aromatic carbocycles. The van der Waals surface area contributed by atoms with Crippen molar-refractivity contribution in [1.29, 1.82) is 0 Å². The van der Waals surface area contributed by atoms with Crippen molar-refractivity contribution in [3.8, 4) is 10.6 Å². The fourth-order valence-corrected chi connectivity index (χ4v) is 2.98. The van der Waals surface area contributed by atoms with Gasteiger partial charge in [0.1, 0.15) is 12.1 Å². The van der Waals surface area contributed by atoms with E-state index in [2.05, 4.69) is 47.5 Å². The summed E-state index contributed by atoms with van der Waals surface area (Å²) in [5.74, 6) is 0.983. The zero-order chi connectivity index (χ0) is 13.0. The Morgan fingerprint density at radius 2 is 2.11 bits per heavy atom. The molecule has 2 heterocycles. The second kappa shape index (κ2) is 5.96. The Hall–Kier alpha value is -1.42. The van der Waals surface area contributed by atoms with Crippen LogP contribution in [0.4, 0.5) is 5.82 Å². The molecule has 0 spiro atoms. The van der Waals surface area contributed by atoms with E-state index in [1.807, 2.05) is 0 Å². The number of hydrogen-bond acceptors (Lipinski definition) is 4. The van der Waals surface area contributed by atoms with Gasteiger partial charge in [0.25, 0.3) is 0 Å². The number of aryl methyl sites for hydroxylation is 1. The second-order valence-corrected chi connectivity index (χ2v) is 5.18. The van der Waals surface area contributed by atoms with Gasteiger partial charge in [-0.05, 0) is 37.3 Å². The smallest absolute Gasteiger partial charge is 0.133 e. The zero-order valence-corrected chi connectivity index (χ0v) is 12.0. The molecule has 0 radical (unpaired) electrons. The van der Waals surface area contributed by atoms with Gasteiger partial charge in [0.15, 0.2) is 0 Å².